The molecule has 27 heavy (non-hydrogen) atoms. The molecule has 0 unspecified atom stereocenters. The smallest absolute Gasteiger partial charge is 0.270 e. The number of rotatable bonds is 5. The molecule has 3 nitrogen and oxygen atoms in total. The molecule has 1 aliphatic rings. The topological polar surface area (TPSA) is 29.5 Å². The van der Waals surface area contributed by atoms with Gasteiger partial charge in [0.15, 0.2) is 4.32 Å². The lowest BCUT2D eigenvalue weighted by Crippen LogP contribution is -2.27. The predicted molar refractivity (Wildman–Crippen MR) is 122 cm³/mol. The number of nitrogens with zero attached hydrogens (tertiary/aromatic N) is 1. The average Bonchev–Trinajstić information content (AvgIpc) is 2.88. The molecule has 0 N–H and O–H groups in total. The summed E-state index contributed by atoms with van der Waals surface area (Å²) in [6, 6.07) is 10.5. The molecule has 0 aromatic heterocycles. The molecular formula is C19H12BrCl2NO2S2. The highest BCUT2D eigenvalue weighted by Gasteiger charge is 2.34. The predicted octanol–water partition coefficient (Wildman–Crippen LogP) is 6.73. The maximum atomic E-state index is 13.0. The second-order valence-corrected chi connectivity index (χ2v) is 8.83. The lowest BCUT2D eigenvalue weighted by atomic mass is 10.2. The maximum Gasteiger partial charge on any atom is 0.270 e. The van der Waals surface area contributed by atoms with Crippen LogP contribution in [0.5, 0.6) is 5.75 Å². The molecule has 1 saturated heterocycles. The summed E-state index contributed by atoms with van der Waals surface area (Å²) in [6.45, 7) is 4.02. The first kappa shape index (κ1) is 20.4. The van der Waals surface area contributed by atoms with Crippen LogP contribution in [0.25, 0.3) is 6.08 Å². The van der Waals surface area contributed by atoms with E-state index in [0.29, 0.717) is 37.3 Å². The summed E-state index contributed by atoms with van der Waals surface area (Å²) in [4.78, 5) is 14.8. The Morgan fingerprint density at radius 2 is 2.04 bits per heavy atom. The summed E-state index contributed by atoms with van der Waals surface area (Å²) in [6.07, 6.45) is 3.42. The van der Waals surface area contributed by atoms with Crippen molar-refractivity contribution in [3.8, 4) is 5.75 Å². The Bertz CT molecular complexity index is 978. The van der Waals surface area contributed by atoms with Gasteiger partial charge in [-0.3, -0.25) is 9.69 Å². The second kappa shape index (κ2) is 8.80. The van der Waals surface area contributed by atoms with Crippen LogP contribution in [0.1, 0.15) is 5.56 Å². The first-order chi connectivity index (χ1) is 12.9. The minimum absolute atomic E-state index is 0.246. The summed E-state index contributed by atoms with van der Waals surface area (Å²) in [5.41, 5.74) is 1.26. The van der Waals surface area contributed by atoms with E-state index in [1.807, 2.05) is 18.2 Å². The van der Waals surface area contributed by atoms with E-state index >= 15 is 0 Å². The molecule has 1 heterocycles. The molecule has 8 heteroatoms. The fourth-order valence-electron chi connectivity index (χ4n) is 2.39. The number of halogens is 3. The number of benzene rings is 2. The molecular weight excluding hydrogens is 489 g/mol. The van der Waals surface area contributed by atoms with E-state index in [-0.39, 0.29) is 5.91 Å². The van der Waals surface area contributed by atoms with Gasteiger partial charge in [0, 0.05) is 15.1 Å². The van der Waals surface area contributed by atoms with Crippen molar-refractivity contribution in [3.63, 3.8) is 0 Å². The van der Waals surface area contributed by atoms with Crippen LogP contribution in [-0.4, -0.2) is 16.8 Å². The molecule has 0 radical (unpaired) electrons. The van der Waals surface area contributed by atoms with Crippen LogP contribution >= 0.6 is 63.1 Å². The SMILES string of the molecule is C=CCOc1ccc(Br)cc1/C=C1\SC(=S)N(c2ccc(Cl)cc2Cl)C1=O. The molecule has 0 spiro atoms. The van der Waals surface area contributed by atoms with Gasteiger partial charge in [-0.1, -0.05) is 75.8 Å². The lowest BCUT2D eigenvalue weighted by molar-refractivity contribution is -0.113. The van der Waals surface area contributed by atoms with Crippen LogP contribution in [-0.2, 0) is 4.79 Å². The third-order valence-corrected chi connectivity index (χ3v) is 5.89. The van der Waals surface area contributed by atoms with Crippen LogP contribution in [0, 0.1) is 0 Å². The van der Waals surface area contributed by atoms with E-state index < -0.39 is 0 Å². The van der Waals surface area contributed by atoms with Crippen LogP contribution in [0.3, 0.4) is 0 Å². The van der Waals surface area contributed by atoms with Gasteiger partial charge in [0.2, 0.25) is 0 Å². The first-order valence-corrected chi connectivity index (χ1v) is 10.4. The van der Waals surface area contributed by atoms with E-state index in [1.54, 1.807) is 30.4 Å². The van der Waals surface area contributed by atoms with Gasteiger partial charge >= 0.3 is 0 Å². The fourth-order valence-corrected chi connectivity index (χ4v) is 4.54. The molecule has 1 aliphatic heterocycles. The number of thiocarbonyl (C=S) groups is 1. The number of amides is 1. The van der Waals surface area contributed by atoms with Gasteiger partial charge in [-0.15, -0.1) is 0 Å². The Kier molecular flexibility index (Phi) is 6.65. The molecule has 2 aromatic rings. The molecule has 0 atom stereocenters. The minimum atomic E-state index is -0.246. The van der Waals surface area contributed by atoms with Crippen molar-refractivity contribution in [2.24, 2.45) is 0 Å². The highest BCUT2D eigenvalue weighted by atomic mass is 79.9. The van der Waals surface area contributed by atoms with Gasteiger partial charge in [0.1, 0.15) is 12.4 Å². The molecule has 3 rings (SSSR count). The number of carbonyl (C=O) groups excluding carboxylic acids is 1. The number of thioether (sulfide) groups is 1. The molecule has 0 aliphatic carbocycles. The zero-order valence-electron chi connectivity index (χ0n) is 13.7. The first-order valence-electron chi connectivity index (χ1n) is 7.67. The summed E-state index contributed by atoms with van der Waals surface area (Å²) >= 11 is 22.2. The normalized spacial score (nSPS) is 15.5. The van der Waals surface area contributed by atoms with Gasteiger partial charge in [-0.05, 0) is 42.5 Å². The van der Waals surface area contributed by atoms with Crippen molar-refractivity contribution in [1.82, 2.24) is 0 Å². The molecule has 0 saturated carbocycles. The average molecular weight is 501 g/mol. The Morgan fingerprint density at radius 1 is 1.26 bits per heavy atom. The minimum Gasteiger partial charge on any atom is -0.489 e. The Hall–Kier alpha value is -1.31. The van der Waals surface area contributed by atoms with E-state index in [1.165, 1.54) is 16.7 Å². The van der Waals surface area contributed by atoms with Gasteiger partial charge in [0.25, 0.3) is 5.91 Å². The van der Waals surface area contributed by atoms with Crippen molar-refractivity contribution in [2.75, 3.05) is 11.5 Å². The largest absolute Gasteiger partial charge is 0.489 e. The Morgan fingerprint density at radius 3 is 2.74 bits per heavy atom. The number of hydrogen-bond donors (Lipinski definition) is 0. The lowest BCUT2D eigenvalue weighted by Gasteiger charge is -2.16. The number of ether oxygens (including phenoxy) is 1. The third kappa shape index (κ3) is 4.58. The molecule has 2 aromatic carbocycles. The highest BCUT2D eigenvalue weighted by molar-refractivity contribution is 9.10. The summed E-state index contributed by atoms with van der Waals surface area (Å²) in [5.74, 6) is 0.400. The Labute approximate surface area is 185 Å². The standard InChI is InChI=1S/C19H12BrCl2NO2S2/c1-2-7-25-16-6-3-12(20)8-11(16)9-17-18(24)23(19(26)27-17)15-5-4-13(21)10-14(15)22/h2-6,8-10H,1,7H2/b17-9-. The van der Waals surface area contributed by atoms with Crippen molar-refractivity contribution >= 4 is 85.1 Å². The van der Waals surface area contributed by atoms with Crippen LogP contribution < -0.4 is 9.64 Å². The summed E-state index contributed by atoms with van der Waals surface area (Å²) in [5, 5.41) is 0.848. The number of carbonyl (C=O) groups is 1. The zero-order valence-corrected chi connectivity index (χ0v) is 18.5. The molecule has 1 amide bonds. The Balaban J connectivity index is 1.97. The van der Waals surface area contributed by atoms with Crippen molar-refractivity contribution in [3.05, 3.63) is 74.0 Å². The summed E-state index contributed by atoms with van der Waals surface area (Å²) < 4.78 is 6.94. The maximum absolute atomic E-state index is 13.0. The van der Waals surface area contributed by atoms with E-state index in [0.717, 1.165) is 10.0 Å². The monoisotopic (exact) mass is 499 g/mol. The van der Waals surface area contributed by atoms with E-state index in [4.69, 9.17) is 40.2 Å². The van der Waals surface area contributed by atoms with Crippen LogP contribution in [0.4, 0.5) is 5.69 Å². The van der Waals surface area contributed by atoms with Gasteiger partial charge in [0.05, 0.1) is 15.6 Å². The second-order valence-electron chi connectivity index (χ2n) is 5.39. The molecule has 1 fully saturated rings. The third-order valence-electron chi connectivity index (χ3n) is 3.56. The highest BCUT2D eigenvalue weighted by Crippen LogP contribution is 2.40. The number of anilines is 1. The molecule has 0 bridgehead atoms. The van der Waals surface area contributed by atoms with Gasteiger partial charge in [-0.2, -0.15) is 0 Å². The van der Waals surface area contributed by atoms with Crippen molar-refractivity contribution in [2.45, 2.75) is 0 Å². The van der Waals surface area contributed by atoms with Crippen LogP contribution in [0.2, 0.25) is 10.0 Å². The van der Waals surface area contributed by atoms with Crippen LogP contribution in [0.15, 0.2) is 58.4 Å². The molecule has 138 valence electrons. The van der Waals surface area contributed by atoms with E-state index in [2.05, 4.69) is 22.5 Å². The fraction of sp³-hybridized carbons (Fsp3) is 0.0526. The zero-order chi connectivity index (χ0) is 19.6. The van der Waals surface area contributed by atoms with Crippen molar-refractivity contribution in [1.29, 1.82) is 0 Å². The number of hydrogen-bond acceptors (Lipinski definition) is 4. The van der Waals surface area contributed by atoms with E-state index in [9.17, 15) is 4.79 Å². The van der Waals surface area contributed by atoms with Gasteiger partial charge in [-0.25, -0.2) is 0 Å². The quantitative estimate of drug-likeness (QED) is 0.258. The van der Waals surface area contributed by atoms with Gasteiger partial charge < -0.3 is 4.74 Å². The van der Waals surface area contributed by atoms with Crippen molar-refractivity contribution < 1.29 is 9.53 Å². The summed E-state index contributed by atoms with van der Waals surface area (Å²) in [7, 11) is 0.